The van der Waals surface area contributed by atoms with E-state index in [4.69, 9.17) is 4.42 Å². The third-order valence-corrected chi connectivity index (χ3v) is 3.81. The van der Waals surface area contributed by atoms with E-state index in [-0.39, 0.29) is 29.8 Å². The van der Waals surface area contributed by atoms with Crippen LogP contribution in [0, 0.1) is 0 Å². The van der Waals surface area contributed by atoms with E-state index in [1.807, 2.05) is 0 Å². The SMILES string of the molecule is CCCCCC(O)CCCCCC(=O)Cc1cc(O)cc(=O)o1. The molecular weight excluding hydrogens is 296 g/mol. The van der Waals surface area contributed by atoms with E-state index in [1.54, 1.807) is 0 Å². The van der Waals surface area contributed by atoms with Crippen molar-refractivity contribution in [2.24, 2.45) is 0 Å². The van der Waals surface area contributed by atoms with Gasteiger partial charge in [0.25, 0.3) is 0 Å². The Morgan fingerprint density at radius 1 is 1.13 bits per heavy atom. The Hall–Kier alpha value is -1.62. The maximum Gasteiger partial charge on any atom is 0.339 e. The summed E-state index contributed by atoms with van der Waals surface area (Å²) in [5.74, 6) is 0.00898. The Morgan fingerprint density at radius 3 is 2.48 bits per heavy atom. The van der Waals surface area contributed by atoms with E-state index in [0.29, 0.717) is 6.42 Å². The second-order valence-electron chi connectivity index (χ2n) is 6.07. The predicted octanol–water partition coefficient (Wildman–Crippen LogP) is 3.35. The molecule has 0 aromatic carbocycles. The number of hydrogen-bond acceptors (Lipinski definition) is 5. The molecule has 1 atom stereocenters. The quantitative estimate of drug-likeness (QED) is 0.576. The van der Waals surface area contributed by atoms with Gasteiger partial charge in [-0.2, -0.15) is 0 Å². The van der Waals surface area contributed by atoms with Crippen molar-refractivity contribution < 1.29 is 19.4 Å². The highest BCUT2D eigenvalue weighted by atomic mass is 16.4. The molecule has 1 aromatic rings. The van der Waals surface area contributed by atoms with Gasteiger partial charge in [0, 0.05) is 12.5 Å². The van der Waals surface area contributed by atoms with Crippen molar-refractivity contribution in [1.82, 2.24) is 0 Å². The molecule has 1 aromatic heterocycles. The average Bonchev–Trinajstić information content (AvgIpc) is 2.46. The number of aliphatic hydroxyl groups is 1. The van der Waals surface area contributed by atoms with Crippen LogP contribution < -0.4 is 5.63 Å². The van der Waals surface area contributed by atoms with Crippen LogP contribution in [0.2, 0.25) is 0 Å². The van der Waals surface area contributed by atoms with Crippen molar-refractivity contribution in [1.29, 1.82) is 0 Å². The van der Waals surface area contributed by atoms with Gasteiger partial charge in [-0.25, -0.2) is 4.79 Å². The maximum absolute atomic E-state index is 11.8. The first-order valence-electron chi connectivity index (χ1n) is 8.54. The fourth-order valence-electron chi connectivity index (χ4n) is 2.54. The zero-order valence-electron chi connectivity index (χ0n) is 13.9. The normalized spacial score (nSPS) is 12.3. The smallest absolute Gasteiger partial charge is 0.339 e. The number of hydrogen-bond donors (Lipinski definition) is 2. The highest BCUT2D eigenvalue weighted by molar-refractivity contribution is 5.80. The molecule has 1 rings (SSSR count). The van der Waals surface area contributed by atoms with Gasteiger partial charge in [0.1, 0.15) is 17.3 Å². The van der Waals surface area contributed by atoms with Gasteiger partial charge < -0.3 is 14.6 Å². The van der Waals surface area contributed by atoms with Crippen LogP contribution in [0.25, 0.3) is 0 Å². The van der Waals surface area contributed by atoms with Crippen LogP contribution in [-0.2, 0) is 11.2 Å². The van der Waals surface area contributed by atoms with E-state index in [0.717, 1.165) is 57.4 Å². The van der Waals surface area contributed by atoms with Gasteiger partial charge >= 0.3 is 5.63 Å². The molecule has 0 spiro atoms. The summed E-state index contributed by atoms with van der Waals surface area (Å²) in [5.41, 5.74) is -0.648. The molecule has 0 radical (unpaired) electrons. The Labute approximate surface area is 137 Å². The zero-order chi connectivity index (χ0) is 17.1. The van der Waals surface area contributed by atoms with Crippen LogP contribution >= 0.6 is 0 Å². The third-order valence-electron chi connectivity index (χ3n) is 3.81. The summed E-state index contributed by atoms with van der Waals surface area (Å²) < 4.78 is 4.86. The largest absolute Gasteiger partial charge is 0.508 e. The molecule has 0 amide bonds. The first-order chi connectivity index (χ1) is 11.0. The molecule has 0 aliphatic carbocycles. The fourth-order valence-corrected chi connectivity index (χ4v) is 2.54. The number of carbonyl (C=O) groups excluding carboxylic acids is 1. The van der Waals surface area contributed by atoms with E-state index in [9.17, 15) is 19.8 Å². The van der Waals surface area contributed by atoms with Crippen LogP contribution in [0.5, 0.6) is 5.75 Å². The Morgan fingerprint density at radius 2 is 1.83 bits per heavy atom. The molecule has 23 heavy (non-hydrogen) atoms. The minimum Gasteiger partial charge on any atom is -0.508 e. The Balaban J connectivity index is 2.13. The molecule has 0 bridgehead atoms. The lowest BCUT2D eigenvalue weighted by Crippen LogP contribution is -2.07. The summed E-state index contributed by atoms with van der Waals surface area (Å²) in [6.45, 7) is 2.14. The molecule has 0 saturated heterocycles. The Kier molecular flexibility index (Phi) is 9.29. The van der Waals surface area contributed by atoms with Gasteiger partial charge in [0.2, 0.25) is 0 Å². The first-order valence-corrected chi connectivity index (χ1v) is 8.54. The summed E-state index contributed by atoms with van der Waals surface area (Å²) in [5, 5.41) is 19.1. The maximum atomic E-state index is 11.8. The van der Waals surface area contributed by atoms with Crippen LogP contribution in [0.3, 0.4) is 0 Å². The summed E-state index contributed by atoms with van der Waals surface area (Å²) in [7, 11) is 0. The highest BCUT2D eigenvalue weighted by Crippen LogP contribution is 2.13. The van der Waals surface area contributed by atoms with Crippen molar-refractivity contribution in [2.75, 3.05) is 0 Å². The lowest BCUT2D eigenvalue weighted by Gasteiger charge is -2.09. The van der Waals surface area contributed by atoms with Crippen molar-refractivity contribution in [3.8, 4) is 5.75 Å². The lowest BCUT2D eigenvalue weighted by molar-refractivity contribution is -0.118. The van der Waals surface area contributed by atoms with Crippen LogP contribution in [0.1, 0.15) is 70.5 Å². The monoisotopic (exact) mass is 324 g/mol. The van der Waals surface area contributed by atoms with E-state index >= 15 is 0 Å². The first kappa shape index (κ1) is 19.4. The molecule has 1 unspecified atom stereocenters. The van der Waals surface area contributed by atoms with Gasteiger partial charge in [-0.1, -0.05) is 39.0 Å². The molecule has 0 aliphatic heterocycles. The molecule has 5 nitrogen and oxygen atoms in total. The second-order valence-corrected chi connectivity index (χ2v) is 6.07. The van der Waals surface area contributed by atoms with Crippen LogP contribution in [0.4, 0.5) is 0 Å². The molecule has 5 heteroatoms. The zero-order valence-corrected chi connectivity index (χ0v) is 13.9. The number of carbonyl (C=O) groups is 1. The van der Waals surface area contributed by atoms with Crippen molar-refractivity contribution in [2.45, 2.75) is 77.2 Å². The number of rotatable bonds is 12. The fraction of sp³-hybridized carbons (Fsp3) is 0.667. The van der Waals surface area contributed by atoms with Crippen molar-refractivity contribution >= 4 is 5.78 Å². The molecule has 0 saturated carbocycles. The number of Topliss-reactive ketones (excluding diaryl/α,β-unsaturated/α-hetero) is 1. The van der Waals surface area contributed by atoms with Gasteiger partial charge in [0.05, 0.1) is 18.6 Å². The number of ketones is 1. The van der Waals surface area contributed by atoms with Gasteiger partial charge in [0.15, 0.2) is 0 Å². The molecule has 0 aliphatic rings. The molecule has 1 heterocycles. The van der Waals surface area contributed by atoms with Crippen molar-refractivity contribution in [3.05, 3.63) is 28.3 Å². The summed E-state index contributed by atoms with van der Waals surface area (Å²) in [4.78, 5) is 22.9. The highest BCUT2D eigenvalue weighted by Gasteiger charge is 2.08. The number of aromatic hydroxyl groups is 1. The van der Waals surface area contributed by atoms with E-state index in [2.05, 4.69) is 6.92 Å². The average molecular weight is 324 g/mol. The Bertz CT molecular complexity index is 520. The van der Waals surface area contributed by atoms with Gasteiger partial charge in [-0.05, 0) is 19.3 Å². The standard InChI is InChI=1S/C18H28O5/c1-2-3-5-8-14(19)9-6-4-7-10-15(20)11-17-12-16(21)13-18(22)23-17/h12-14,19,21H,2-11H2,1H3. The topological polar surface area (TPSA) is 87.7 Å². The summed E-state index contributed by atoms with van der Waals surface area (Å²) in [6, 6.07) is 2.27. The second kappa shape index (κ2) is 11.0. The number of unbranched alkanes of at least 4 members (excludes halogenated alkanes) is 4. The van der Waals surface area contributed by atoms with Crippen molar-refractivity contribution in [3.63, 3.8) is 0 Å². The summed E-state index contributed by atoms with van der Waals surface area (Å²) >= 11 is 0. The molecule has 0 fully saturated rings. The lowest BCUT2D eigenvalue weighted by atomic mass is 10.0. The van der Waals surface area contributed by atoms with E-state index in [1.165, 1.54) is 6.07 Å². The minimum atomic E-state index is -0.648. The number of aliphatic hydroxyl groups excluding tert-OH is 1. The molecule has 130 valence electrons. The minimum absolute atomic E-state index is 0.0118. The van der Waals surface area contributed by atoms with Crippen LogP contribution in [-0.4, -0.2) is 22.1 Å². The predicted molar refractivity (Wildman–Crippen MR) is 88.6 cm³/mol. The van der Waals surface area contributed by atoms with Gasteiger partial charge in [-0.15, -0.1) is 0 Å². The van der Waals surface area contributed by atoms with Gasteiger partial charge in [-0.3, -0.25) is 4.79 Å². The summed E-state index contributed by atoms with van der Waals surface area (Å²) in [6.07, 6.45) is 7.87. The third kappa shape index (κ3) is 9.18. The van der Waals surface area contributed by atoms with Crippen LogP contribution in [0.15, 0.2) is 21.3 Å². The molecule has 2 N–H and O–H groups in total. The molecular formula is C18H28O5. The van der Waals surface area contributed by atoms with E-state index < -0.39 is 5.63 Å².